The summed E-state index contributed by atoms with van der Waals surface area (Å²) in [4.78, 5) is 26.6. The molecule has 2 N–H and O–H groups in total. The van der Waals surface area contributed by atoms with Crippen molar-refractivity contribution >= 4 is 23.3 Å². The van der Waals surface area contributed by atoms with E-state index in [9.17, 15) is 33.0 Å². The number of anilines is 2. The molecule has 1 amide bonds. The van der Waals surface area contributed by atoms with Crippen LogP contribution in [-0.2, 0) is 6.18 Å². The van der Waals surface area contributed by atoms with E-state index in [1.807, 2.05) is 0 Å². The topological polar surface area (TPSA) is 77.8 Å². The molecule has 0 aliphatic heterocycles. The van der Waals surface area contributed by atoms with Crippen LogP contribution in [0.15, 0.2) is 60.7 Å². The highest BCUT2D eigenvalue weighted by Crippen LogP contribution is 2.39. The molecule has 0 aromatic heterocycles. The second-order valence-corrected chi connectivity index (χ2v) is 7.86. The van der Waals surface area contributed by atoms with Crippen molar-refractivity contribution in [2.75, 3.05) is 4.90 Å². The van der Waals surface area contributed by atoms with Crippen molar-refractivity contribution < 1.29 is 33.0 Å². The molecule has 0 saturated heterocycles. The first-order valence-electron chi connectivity index (χ1n) is 10.1. The van der Waals surface area contributed by atoms with E-state index in [1.54, 1.807) is 32.9 Å². The number of phenolic OH excluding ortho intramolecular Hbond substituents is 1. The van der Waals surface area contributed by atoms with E-state index in [2.05, 4.69) is 0 Å². The summed E-state index contributed by atoms with van der Waals surface area (Å²) in [6, 6.07) is 12.9. The summed E-state index contributed by atoms with van der Waals surface area (Å²) >= 11 is 0. The average molecular weight is 457 g/mol. The van der Waals surface area contributed by atoms with Crippen LogP contribution < -0.4 is 4.90 Å². The van der Waals surface area contributed by atoms with Gasteiger partial charge in [0.05, 0.1) is 22.4 Å². The summed E-state index contributed by atoms with van der Waals surface area (Å²) in [5.41, 5.74) is -0.789. The van der Waals surface area contributed by atoms with Gasteiger partial charge in [-0.25, -0.2) is 4.79 Å². The number of aryl methyl sites for hydroxylation is 1. The van der Waals surface area contributed by atoms with E-state index < -0.39 is 23.6 Å². The van der Waals surface area contributed by atoms with Gasteiger partial charge < -0.3 is 10.2 Å². The molecule has 0 spiro atoms. The summed E-state index contributed by atoms with van der Waals surface area (Å²) in [6.07, 6.45) is -4.67. The SMILES string of the molecule is Cc1ccc(C(C)C)c(C(=O)N(c2cccc(C(F)(F)F)c2)c2ccccc2C(=O)O)c1O. The van der Waals surface area contributed by atoms with Crippen LogP contribution in [0.3, 0.4) is 0 Å². The molecular formula is C25H22F3NO4. The minimum atomic E-state index is -4.67. The smallest absolute Gasteiger partial charge is 0.416 e. The molecule has 8 heteroatoms. The van der Waals surface area contributed by atoms with Crippen LogP contribution in [0.4, 0.5) is 24.5 Å². The predicted molar refractivity (Wildman–Crippen MR) is 118 cm³/mol. The van der Waals surface area contributed by atoms with Crippen LogP contribution in [0.2, 0.25) is 0 Å². The lowest BCUT2D eigenvalue weighted by Gasteiger charge is -2.27. The van der Waals surface area contributed by atoms with E-state index in [4.69, 9.17) is 0 Å². The maximum absolute atomic E-state index is 13.9. The van der Waals surface area contributed by atoms with Gasteiger partial charge in [0.2, 0.25) is 0 Å². The van der Waals surface area contributed by atoms with Gasteiger partial charge >= 0.3 is 12.1 Å². The van der Waals surface area contributed by atoms with E-state index in [0.717, 1.165) is 23.1 Å². The van der Waals surface area contributed by atoms with Gasteiger partial charge in [-0.1, -0.05) is 44.2 Å². The number of hydrogen-bond acceptors (Lipinski definition) is 3. The lowest BCUT2D eigenvalue weighted by Crippen LogP contribution is -2.29. The van der Waals surface area contributed by atoms with Gasteiger partial charge in [-0.2, -0.15) is 13.2 Å². The lowest BCUT2D eigenvalue weighted by molar-refractivity contribution is -0.137. The standard InChI is InChI=1S/C25H22F3NO4/c1-14(2)18-12-11-15(3)22(30)21(18)23(31)29(20-10-5-4-9-19(20)24(32)33)17-8-6-7-16(13-17)25(26,27)28/h4-14,30H,1-3H3,(H,32,33). The Bertz CT molecular complexity index is 1220. The molecule has 0 heterocycles. The van der Waals surface area contributed by atoms with E-state index in [0.29, 0.717) is 11.1 Å². The predicted octanol–water partition coefficient (Wildman–Crippen LogP) is 6.52. The number of rotatable bonds is 5. The molecule has 0 aliphatic rings. The van der Waals surface area contributed by atoms with Crippen molar-refractivity contribution in [3.8, 4) is 5.75 Å². The molecule has 0 unspecified atom stereocenters. The average Bonchev–Trinajstić information content (AvgIpc) is 2.75. The first-order valence-corrected chi connectivity index (χ1v) is 10.1. The van der Waals surface area contributed by atoms with Crippen molar-refractivity contribution in [3.05, 3.63) is 88.5 Å². The number of benzene rings is 3. The highest BCUT2D eigenvalue weighted by atomic mass is 19.4. The summed E-state index contributed by atoms with van der Waals surface area (Å²) < 4.78 is 40.2. The molecule has 0 saturated carbocycles. The highest BCUT2D eigenvalue weighted by Gasteiger charge is 2.33. The Morgan fingerprint density at radius 2 is 1.64 bits per heavy atom. The Morgan fingerprint density at radius 3 is 2.24 bits per heavy atom. The van der Waals surface area contributed by atoms with Gasteiger partial charge in [-0.05, 0) is 54.3 Å². The maximum Gasteiger partial charge on any atom is 0.416 e. The first kappa shape index (κ1) is 23.8. The van der Waals surface area contributed by atoms with Gasteiger partial charge in [0.15, 0.2) is 0 Å². The number of nitrogens with zero attached hydrogens (tertiary/aromatic N) is 1. The molecule has 0 aliphatic carbocycles. The number of carboxylic acid groups (broad SMARTS) is 1. The van der Waals surface area contributed by atoms with Crippen LogP contribution in [0, 0.1) is 6.92 Å². The van der Waals surface area contributed by atoms with Crippen molar-refractivity contribution in [2.24, 2.45) is 0 Å². The van der Waals surface area contributed by atoms with Gasteiger partial charge in [0.25, 0.3) is 5.91 Å². The lowest BCUT2D eigenvalue weighted by atomic mass is 9.93. The van der Waals surface area contributed by atoms with Crippen LogP contribution in [0.5, 0.6) is 5.75 Å². The third-order valence-corrected chi connectivity index (χ3v) is 5.26. The Kier molecular flexibility index (Phi) is 6.48. The summed E-state index contributed by atoms with van der Waals surface area (Å²) in [7, 11) is 0. The molecule has 3 aromatic rings. The number of hydrogen-bond donors (Lipinski definition) is 2. The van der Waals surface area contributed by atoms with Gasteiger partial charge in [0.1, 0.15) is 5.75 Å². The first-order chi connectivity index (χ1) is 15.4. The Labute approximate surface area is 188 Å². The number of carbonyl (C=O) groups excluding carboxylic acids is 1. The fourth-order valence-electron chi connectivity index (χ4n) is 3.57. The minimum Gasteiger partial charge on any atom is -0.507 e. The van der Waals surface area contributed by atoms with Crippen LogP contribution >= 0.6 is 0 Å². The molecule has 5 nitrogen and oxygen atoms in total. The second-order valence-electron chi connectivity index (χ2n) is 7.86. The number of amides is 1. The summed E-state index contributed by atoms with van der Waals surface area (Å²) in [6.45, 7) is 5.21. The van der Waals surface area contributed by atoms with E-state index in [1.165, 1.54) is 30.3 Å². The molecule has 33 heavy (non-hydrogen) atoms. The number of aromatic hydroxyl groups is 1. The van der Waals surface area contributed by atoms with Gasteiger partial charge in [0, 0.05) is 5.69 Å². The fourth-order valence-corrected chi connectivity index (χ4v) is 3.57. The molecule has 0 fully saturated rings. The zero-order valence-electron chi connectivity index (χ0n) is 18.1. The molecule has 3 rings (SSSR count). The number of para-hydroxylation sites is 1. The Morgan fingerprint density at radius 1 is 0.970 bits per heavy atom. The molecule has 0 radical (unpaired) electrons. The van der Waals surface area contributed by atoms with Crippen LogP contribution in [0.1, 0.15) is 57.2 Å². The number of halogens is 3. The highest BCUT2D eigenvalue weighted by molar-refractivity contribution is 6.15. The number of carboxylic acids is 1. The monoisotopic (exact) mass is 457 g/mol. The zero-order chi connectivity index (χ0) is 24.5. The van der Waals surface area contributed by atoms with Crippen LogP contribution in [-0.4, -0.2) is 22.1 Å². The molecule has 3 aromatic carbocycles. The third kappa shape index (κ3) is 4.69. The molecule has 0 bridgehead atoms. The van der Waals surface area contributed by atoms with Gasteiger partial charge in [-0.15, -0.1) is 0 Å². The third-order valence-electron chi connectivity index (χ3n) is 5.26. The normalized spacial score (nSPS) is 11.5. The van der Waals surface area contributed by atoms with E-state index >= 15 is 0 Å². The van der Waals surface area contributed by atoms with Crippen molar-refractivity contribution in [1.29, 1.82) is 0 Å². The maximum atomic E-state index is 13.9. The zero-order valence-corrected chi connectivity index (χ0v) is 18.1. The summed E-state index contributed by atoms with van der Waals surface area (Å²) in [5, 5.41) is 20.4. The number of phenols is 1. The van der Waals surface area contributed by atoms with Crippen LogP contribution in [0.25, 0.3) is 0 Å². The van der Waals surface area contributed by atoms with Crippen molar-refractivity contribution in [3.63, 3.8) is 0 Å². The van der Waals surface area contributed by atoms with Crippen molar-refractivity contribution in [1.82, 2.24) is 0 Å². The van der Waals surface area contributed by atoms with E-state index in [-0.39, 0.29) is 34.2 Å². The molecule has 172 valence electrons. The molecule has 0 atom stereocenters. The minimum absolute atomic E-state index is 0.0948. The summed E-state index contributed by atoms with van der Waals surface area (Å²) in [5.74, 6) is -2.70. The number of aromatic carboxylic acids is 1. The molecular weight excluding hydrogens is 435 g/mol. The Balaban J connectivity index is 2.35. The number of carbonyl (C=O) groups is 2. The van der Waals surface area contributed by atoms with Gasteiger partial charge in [-0.3, -0.25) is 9.69 Å². The van der Waals surface area contributed by atoms with Crippen molar-refractivity contribution in [2.45, 2.75) is 32.9 Å². The fraction of sp³-hybridized carbons (Fsp3) is 0.200. The number of alkyl halides is 3. The largest absolute Gasteiger partial charge is 0.507 e. The quantitative estimate of drug-likeness (QED) is 0.457. The second kappa shape index (κ2) is 8.97. The Hall–Kier alpha value is -3.81.